The molecule has 0 spiro atoms. The molecule has 1 aromatic heterocycles. The third-order valence-corrected chi connectivity index (χ3v) is 2.26. The van der Waals surface area contributed by atoms with E-state index in [0.29, 0.717) is 17.4 Å². The number of anilines is 1. The fraction of sp³-hybridized carbons (Fsp3) is 0.333. The van der Waals surface area contributed by atoms with Crippen LogP contribution < -0.4 is 4.90 Å². The molecule has 1 aromatic rings. The summed E-state index contributed by atoms with van der Waals surface area (Å²) in [6.45, 7) is 0.756. The molecule has 1 fully saturated rings. The molecule has 0 bridgehead atoms. The van der Waals surface area contributed by atoms with Gasteiger partial charge in [-0.05, 0) is 18.6 Å². The molecular weight excluding hydrogens is 188 g/mol. The lowest BCUT2D eigenvalue weighted by molar-refractivity contribution is -0.117. The number of hydrogen-bond donors (Lipinski definition) is 0. The van der Waals surface area contributed by atoms with Gasteiger partial charge < -0.3 is 0 Å². The zero-order chi connectivity index (χ0) is 9.26. The number of pyridine rings is 1. The maximum absolute atomic E-state index is 11.3. The van der Waals surface area contributed by atoms with Gasteiger partial charge in [-0.2, -0.15) is 0 Å². The van der Waals surface area contributed by atoms with Gasteiger partial charge in [-0.1, -0.05) is 17.7 Å². The number of carbonyl (C=O) groups is 1. The summed E-state index contributed by atoms with van der Waals surface area (Å²) in [5.41, 5.74) is 0. The SMILES string of the molecule is O=C1CCCN1c1cccc(Cl)n1. The smallest absolute Gasteiger partial charge is 0.228 e. The summed E-state index contributed by atoms with van der Waals surface area (Å²) in [7, 11) is 0. The van der Waals surface area contributed by atoms with Crippen LogP contribution in [0.2, 0.25) is 5.15 Å². The van der Waals surface area contributed by atoms with E-state index < -0.39 is 0 Å². The highest BCUT2D eigenvalue weighted by molar-refractivity contribution is 6.29. The second-order valence-corrected chi connectivity index (χ2v) is 3.35. The van der Waals surface area contributed by atoms with Crippen LogP contribution in [0.5, 0.6) is 0 Å². The number of rotatable bonds is 1. The van der Waals surface area contributed by atoms with Crippen LogP contribution in [0.4, 0.5) is 5.82 Å². The van der Waals surface area contributed by atoms with E-state index in [1.54, 1.807) is 23.1 Å². The molecular formula is C9H9ClN2O. The molecule has 1 aliphatic rings. The van der Waals surface area contributed by atoms with Crippen molar-refractivity contribution in [3.05, 3.63) is 23.4 Å². The highest BCUT2D eigenvalue weighted by Crippen LogP contribution is 2.20. The van der Waals surface area contributed by atoms with Crippen LogP contribution in [-0.2, 0) is 4.79 Å². The van der Waals surface area contributed by atoms with Crippen molar-refractivity contribution in [1.29, 1.82) is 0 Å². The Morgan fingerprint density at radius 2 is 2.31 bits per heavy atom. The molecule has 0 radical (unpaired) electrons. The van der Waals surface area contributed by atoms with Gasteiger partial charge >= 0.3 is 0 Å². The second-order valence-electron chi connectivity index (χ2n) is 2.97. The minimum absolute atomic E-state index is 0.134. The Labute approximate surface area is 81.3 Å². The van der Waals surface area contributed by atoms with Crippen molar-refractivity contribution >= 4 is 23.3 Å². The van der Waals surface area contributed by atoms with Crippen LogP contribution in [0.1, 0.15) is 12.8 Å². The first kappa shape index (κ1) is 8.51. The Morgan fingerprint density at radius 1 is 1.46 bits per heavy atom. The van der Waals surface area contributed by atoms with Gasteiger partial charge in [-0.25, -0.2) is 4.98 Å². The summed E-state index contributed by atoms with van der Waals surface area (Å²) in [6.07, 6.45) is 1.53. The maximum atomic E-state index is 11.3. The summed E-state index contributed by atoms with van der Waals surface area (Å²) >= 11 is 5.72. The molecule has 2 heterocycles. The molecule has 0 unspecified atom stereocenters. The van der Waals surface area contributed by atoms with Crippen LogP contribution in [0.3, 0.4) is 0 Å². The third kappa shape index (κ3) is 1.65. The predicted molar refractivity (Wildman–Crippen MR) is 50.8 cm³/mol. The zero-order valence-electron chi connectivity index (χ0n) is 7.03. The molecule has 0 atom stereocenters. The fourth-order valence-electron chi connectivity index (χ4n) is 1.44. The Hall–Kier alpha value is -1.09. The van der Waals surface area contributed by atoms with E-state index >= 15 is 0 Å². The Bertz CT molecular complexity index is 340. The molecule has 4 heteroatoms. The topological polar surface area (TPSA) is 33.2 Å². The molecule has 1 aliphatic heterocycles. The van der Waals surface area contributed by atoms with Gasteiger partial charge in [0.1, 0.15) is 11.0 Å². The lowest BCUT2D eigenvalue weighted by Crippen LogP contribution is -2.24. The molecule has 2 rings (SSSR count). The van der Waals surface area contributed by atoms with Crippen LogP contribution in [0, 0.1) is 0 Å². The third-order valence-electron chi connectivity index (χ3n) is 2.05. The lowest BCUT2D eigenvalue weighted by atomic mass is 10.4. The van der Waals surface area contributed by atoms with Crippen LogP contribution in [0.15, 0.2) is 18.2 Å². The van der Waals surface area contributed by atoms with Gasteiger partial charge in [0, 0.05) is 13.0 Å². The number of carbonyl (C=O) groups excluding carboxylic acids is 1. The van der Waals surface area contributed by atoms with E-state index in [-0.39, 0.29) is 5.91 Å². The number of hydrogen-bond acceptors (Lipinski definition) is 2. The van der Waals surface area contributed by atoms with Gasteiger partial charge in [0.05, 0.1) is 0 Å². The Morgan fingerprint density at radius 3 is 2.92 bits per heavy atom. The van der Waals surface area contributed by atoms with Gasteiger partial charge in [-0.15, -0.1) is 0 Å². The van der Waals surface area contributed by atoms with Crippen LogP contribution in [0.25, 0.3) is 0 Å². The van der Waals surface area contributed by atoms with Crippen molar-refractivity contribution in [2.45, 2.75) is 12.8 Å². The highest BCUT2D eigenvalue weighted by Gasteiger charge is 2.22. The summed E-state index contributed by atoms with van der Waals surface area (Å²) in [4.78, 5) is 17.1. The monoisotopic (exact) mass is 196 g/mol. The molecule has 0 aliphatic carbocycles. The minimum atomic E-state index is 0.134. The summed E-state index contributed by atoms with van der Waals surface area (Å²) in [5.74, 6) is 0.796. The van der Waals surface area contributed by atoms with E-state index in [9.17, 15) is 4.79 Å². The normalized spacial score (nSPS) is 16.7. The molecule has 1 amide bonds. The van der Waals surface area contributed by atoms with Crippen molar-refractivity contribution < 1.29 is 4.79 Å². The van der Waals surface area contributed by atoms with Gasteiger partial charge in [0.15, 0.2) is 0 Å². The first-order valence-electron chi connectivity index (χ1n) is 4.20. The molecule has 0 aromatic carbocycles. The van der Waals surface area contributed by atoms with E-state index in [4.69, 9.17) is 11.6 Å². The Balaban J connectivity index is 2.29. The summed E-state index contributed by atoms with van der Waals surface area (Å²) in [5, 5.41) is 0.428. The summed E-state index contributed by atoms with van der Waals surface area (Å²) < 4.78 is 0. The standard InChI is InChI=1S/C9H9ClN2O/c10-7-3-1-4-8(11-7)12-6-2-5-9(12)13/h1,3-4H,2,5-6H2. The Kier molecular flexibility index (Phi) is 2.19. The van der Waals surface area contributed by atoms with Crippen molar-refractivity contribution in [1.82, 2.24) is 4.98 Å². The van der Waals surface area contributed by atoms with E-state index in [0.717, 1.165) is 13.0 Å². The molecule has 13 heavy (non-hydrogen) atoms. The van der Waals surface area contributed by atoms with Gasteiger partial charge in [0.25, 0.3) is 0 Å². The number of halogens is 1. The van der Waals surface area contributed by atoms with Crippen molar-refractivity contribution in [3.63, 3.8) is 0 Å². The number of nitrogens with zero attached hydrogens (tertiary/aromatic N) is 2. The first-order chi connectivity index (χ1) is 6.27. The van der Waals surface area contributed by atoms with Crippen LogP contribution in [-0.4, -0.2) is 17.4 Å². The largest absolute Gasteiger partial charge is 0.297 e. The van der Waals surface area contributed by atoms with Crippen LogP contribution >= 0.6 is 11.6 Å². The van der Waals surface area contributed by atoms with Gasteiger partial charge in [0.2, 0.25) is 5.91 Å². The highest BCUT2D eigenvalue weighted by atomic mass is 35.5. The average Bonchev–Trinajstić information content (AvgIpc) is 2.51. The van der Waals surface area contributed by atoms with E-state index in [2.05, 4.69) is 4.98 Å². The first-order valence-corrected chi connectivity index (χ1v) is 4.58. The molecule has 68 valence electrons. The molecule has 1 saturated heterocycles. The maximum Gasteiger partial charge on any atom is 0.228 e. The minimum Gasteiger partial charge on any atom is -0.297 e. The zero-order valence-corrected chi connectivity index (χ0v) is 7.79. The summed E-state index contributed by atoms with van der Waals surface area (Å²) in [6, 6.07) is 5.30. The van der Waals surface area contributed by atoms with E-state index in [1.807, 2.05) is 0 Å². The molecule has 0 N–H and O–H groups in total. The number of amides is 1. The predicted octanol–water partition coefficient (Wildman–Crippen LogP) is 1.86. The van der Waals surface area contributed by atoms with Gasteiger partial charge in [-0.3, -0.25) is 9.69 Å². The quantitative estimate of drug-likeness (QED) is 0.643. The second kappa shape index (κ2) is 3.34. The van der Waals surface area contributed by atoms with Crippen molar-refractivity contribution in [2.75, 3.05) is 11.4 Å². The van der Waals surface area contributed by atoms with Crippen molar-refractivity contribution in [3.8, 4) is 0 Å². The fourth-order valence-corrected chi connectivity index (χ4v) is 1.60. The van der Waals surface area contributed by atoms with Crippen molar-refractivity contribution in [2.24, 2.45) is 0 Å². The lowest BCUT2D eigenvalue weighted by Gasteiger charge is -2.13. The molecule has 0 saturated carbocycles. The average molecular weight is 197 g/mol. The molecule has 3 nitrogen and oxygen atoms in total. The number of aromatic nitrogens is 1. The van der Waals surface area contributed by atoms with E-state index in [1.165, 1.54) is 0 Å².